The summed E-state index contributed by atoms with van der Waals surface area (Å²) in [6.45, 7) is 4.79. The van der Waals surface area contributed by atoms with Gasteiger partial charge in [-0.2, -0.15) is 0 Å². The van der Waals surface area contributed by atoms with Crippen LogP contribution < -0.4 is 26.0 Å². The zero-order chi connectivity index (χ0) is 24.2. The average Bonchev–Trinajstić information content (AvgIpc) is 3.21. The Morgan fingerprint density at radius 1 is 1.21 bits per heavy atom. The van der Waals surface area contributed by atoms with Crippen LogP contribution in [-0.4, -0.2) is 32.9 Å². The molecule has 1 aromatic heterocycles. The van der Waals surface area contributed by atoms with Crippen LogP contribution in [0.1, 0.15) is 37.8 Å². The Morgan fingerprint density at radius 2 is 1.85 bits per heavy atom. The molecule has 0 fully saturated rings. The molecule has 1 unspecified atom stereocenters. The van der Waals surface area contributed by atoms with Gasteiger partial charge in [0.2, 0.25) is 6.79 Å². The highest BCUT2D eigenvalue weighted by Gasteiger charge is 2.41. The second-order valence-corrected chi connectivity index (χ2v) is 8.04. The van der Waals surface area contributed by atoms with E-state index in [1.165, 1.54) is 30.8 Å². The van der Waals surface area contributed by atoms with E-state index in [2.05, 4.69) is 5.32 Å². The van der Waals surface area contributed by atoms with Gasteiger partial charge < -0.3 is 19.5 Å². The fraction of sp³-hybridized carbons (Fsp3) is 0.381. The van der Waals surface area contributed by atoms with E-state index in [1.807, 2.05) is 0 Å². The summed E-state index contributed by atoms with van der Waals surface area (Å²) in [7, 11) is 2.76. The van der Waals surface area contributed by atoms with E-state index >= 15 is 0 Å². The van der Waals surface area contributed by atoms with Crippen molar-refractivity contribution >= 4 is 17.5 Å². The molecular formula is C21H22N4O8. The third-order valence-electron chi connectivity index (χ3n) is 5.58. The number of hydrogen-bond acceptors (Lipinski definition) is 9. The summed E-state index contributed by atoms with van der Waals surface area (Å²) in [6.07, 6.45) is -0.477. The molecule has 4 rings (SSSR count). The van der Waals surface area contributed by atoms with E-state index in [0.29, 0.717) is 5.70 Å². The molecule has 0 aliphatic carbocycles. The van der Waals surface area contributed by atoms with Gasteiger partial charge in [0.05, 0.1) is 34.1 Å². The first kappa shape index (κ1) is 22.1. The number of carbonyl (C=O) groups excluding carboxylic acids is 1. The van der Waals surface area contributed by atoms with Crippen molar-refractivity contribution in [1.29, 1.82) is 0 Å². The molecule has 2 aromatic rings. The molecule has 0 saturated carbocycles. The number of nitro benzene ring substituents is 1. The van der Waals surface area contributed by atoms with Crippen molar-refractivity contribution < 1.29 is 23.9 Å². The van der Waals surface area contributed by atoms with Gasteiger partial charge in [0, 0.05) is 25.4 Å². The molecule has 0 saturated heterocycles. The smallest absolute Gasteiger partial charge is 0.337 e. The van der Waals surface area contributed by atoms with Gasteiger partial charge in [0.1, 0.15) is 5.82 Å². The maximum atomic E-state index is 13.3. The van der Waals surface area contributed by atoms with E-state index in [1.54, 1.807) is 20.8 Å². The third kappa shape index (κ3) is 3.43. The molecule has 174 valence electrons. The number of anilines is 1. The monoisotopic (exact) mass is 458 g/mol. The summed E-state index contributed by atoms with van der Waals surface area (Å²) in [5.74, 6) is -1.38. The topological polar surface area (TPSA) is 144 Å². The average molecular weight is 458 g/mol. The molecule has 1 atom stereocenters. The fourth-order valence-electron chi connectivity index (χ4n) is 4.08. The number of fused-ring (bicyclic) bond motifs is 2. The summed E-state index contributed by atoms with van der Waals surface area (Å²) >= 11 is 0. The summed E-state index contributed by atoms with van der Waals surface area (Å²) in [4.78, 5) is 50.4. The molecule has 12 nitrogen and oxygen atoms in total. The van der Waals surface area contributed by atoms with Crippen LogP contribution in [0.4, 0.5) is 11.5 Å². The van der Waals surface area contributed by atoms with Gasteiger partial charge in [-0.25, -0.2) is 9.59 Å². The summed E-state index contributed by atoms with van der Waals surface area (Å²) < 4.78 is 18.2. The fourth-order valence-corrected chi connectivity index (χ4v) is 4.08. The Balaban J connectivity index is 2.10. The van der Waals surface area contributed by atoms with Gasteiger partial charge in [-0.15, -0.1) is 0 Å². The van der Waals surface area contributed by atoms with Crippen molar-refractivity contribution in [2.45, 2.75) is 32.8 Å². The van der Waals surface area contributed by atoms with Gasteiger partial charge >= 0.3 is 11.7 Å². The van der Waals surface area contributed by atoms with Gasteiger partial charge in [0.25, 0.3) is 11.2 Å². The number of esters is 1. The highest BCUT2D eigenvalue weighted by atomic mass is 16.7. The molecule has 12 heteroatoms. The minimum absolute atomic E-state index is 0.00266. The Labute approximate surface area is 187 Å². The largest absolute Gasteiger partial charge is 0.460 e. The molecule has 1 aromatic carbocycles. The van der Waals surface area contributed by atoms with Crippen LogP contribution >= 0.6 is 0 Å². The van der Waals surface area contributed by atoms with Crippen LogP contribution in [0.3, 0.4) is 0 Å². The minimum atomic E-state index is -1.20. The lowest BCUT2D eigenvalue weighted by atomic mass is 9.81. The van der Waals surface area contributed by atoms with Crippen molar-refractivity contribution in [3.05, 3.63) is 65.5 Å². The van der Waals surface area contributed by atoms with E-state index in [9.17, 15) is 24.5 Å². The number of hydrogen-bond donors (Lipinski definition) is 1. The highest BCUT2D eigenvalue weighted by molar-refractivity contribution is 5.95. The summed E-state index contributed by atoms with van der Waals surface area (Å²) in [5.41, 5.74) is -1.29. The molecule has 2 aliphatic rings. The number of rotatable bonds is 4. The highest BCUT2D eigenvalue weighted by Crippen LogP contribution is 2.47. The molecule has 0 amide bonds. The number of carbonyl (C=O) groups is 1. The van der Waals surface area contributed by atoms with Gasteiger partial charge in [-0.3, -0.25) is 24.0 Å². The number of allylic oxidation sites excluding steroid dienone is 1. The van der Waals surface area contributed by atoms with Gasteiger partial charge in [-0.05, 0) is 26.8 Å². The number of aromatic nitrogens is 2. The van der Waals surface area contributed by atoms with Crippen molar-refractivity contribution in [3.8, 4) is 11.5 Å². The van der Waals surface area contributed by atoms with E-state index < -0.39 is 34.2 Å². The number of nitrogens with one attached hydrogen (secondary N) is 1. The molecule has 0 spiro atoms. The second-order valence-electron chi connectivity index (χ2n) is 8.04. The van der Waals surface area contributed by atoms with Crippen LogP contribution in [0.2, 0.25) is 0 Å². The Hall–Kier alpha value is -4.09. The summed E-state index contributed by atoms with van der Waals surface area (Å²) in [5, 5.41) is 15.0. The van der Waals surface area contributed by atoms with E-state index in [-0.39, 0.29) is 46.5 Å². The maximum Gasteiger partial charge on any atom is 0.337 e. The zero-order valence-electron chi connectivity index (χ0n) is 18.6. The lowest BCUT2D eigenvalue weighted by Gasteiger charge is -2.31. The Morgan fingerprint density at radius 3 is 2.45 bits per heavy atom. The number of benzene rings is 1. The van der Waals surface area contributed by atoms with Crippen LogP contribution in [0.5, 0.6) is 11.5 Å². The van der Waals surface area contributed by atoms with Crippen molar-refractivity contribution in [2.24, 2.45) is 14.1 Å². The number of nitrogens with zero attached hydrogens (tertiary/aromatic N) is 3. The quantitative estimate of drug-likeness (QED) is 0.409. The first-order valence-corrected chi connectivity index (χ1v) is 10.1. The lowest BCUT2D eigenvalue weighted by molar-refractivity contribution is -0.385. The molecule has 33 heavy (non-hydrogen) atoms. The van der Waals surface area contributed by atoms with Crippen LogP contribution in [-0.2, 0) is 23.6 Å². The van der Waals surface area contributed by atoms with Crippen LogP contribution in [0.25, 0.3) is 0 Å². The number of ether oxygens (including phenoxy) is 3. The van der Waals surface area contributed by atoms with Crippen LogP contribution in [0.15, 0.2) is 33.0 Å². The SMILES string of the molecule is CC1=C(C(=O)OC(C)C)C(c2cc3c(cc2[N+](=O)[O-])OCO3)c2c(n(C)c(=O)n(C)c2=O)N1. The second kappa shape index (κ2) is 7.80. The predicted octanol–water partition coefficient (Wildman–Crippen LogP) is 1.50. The normalized spacial score (nSPS) is 16.5. The minimum Gasteiger partial charge on any atom is -0.460 e. The third-order valence-corrected chi connectivity index (χ3v) is 5.58. The predicted molar refractivity (Wildman–Crippen MR) is 116 cm³/mol. The Bertz CT molecular complexity index is 1350. The molecule has 3 heterocycles. The zero-order valence-corrected chi connectivity index (χ0v) is 18.6. The standard InChI is InChI=1S/C21H22N4O8/c1-9(2)33-20(27)15-10(3)22-18-17(19(26)24(5)21(28)23(18)4)16(15)11-6-13-14(32-8-31-13)7-12(11)25(29)30/h6-7,9,16,22H,8H2,1-5H3. The van der Waals surface area contributed by atoms with Crippen molar-refractivity contribution in [1.82, 2.24) is 9.13 Å². The van der Waals surface area contributed by atoms with Crippen molar-refractivity contribution in [3.63, 3.8) is 0 Å². The molecule has 0 radical (unpaired) electrons. The van der Waals surface area contributed by atoms with Gasteiger partial charge in [-0.1, -0.05) is 0 Å². The maximum absolute atomic E-state index is 13.3. The van der Waals surface area contributed by atoms with Crippen LogP contribution in [0, 0.1) is 10.1 Å². The lowest BCUT2D eigenvalue weighted by Crippen LogP contribution is -2.43. The molecule has 0 bridgehead atoms. The van der Waals surface area contributed by atoms with E-state index in [4.69, 9.17) is 14.2 Å². The Kier molecular flexibility index (Phi) is 5.23. The van der Waals surface area contributed by atoms with Gasteiger partial charge in [0.15, 0.2) is 11.5 Å². The molecule has 2 aliphatic heterocycles. The van der Waals surface area contributed by atoms with E-state index in [0.717, 1.165) is 4.57 Å². The number of nitro groups is 1. The first-order chi connectivity index (χ1) is 15.5. The molecular weight excluding hydrogens is 436 g/mol. The molecule has 1 N–H and O–H groups in total. The summed E-state index contributed by atoms with van der Waals surface area (Å²) in [6, 6.07) is 2.59. The van der Waals surface area contributed by atoms with Crippen molar-refractivity contribution in [2.75, 3.05) is 12.1 Å². The first-order valence-electron chi connectivity index (χ1n) is 10.1.